The molecule has 0 aromatic rings. The second-order valence-corrected chi connectivity index (χ2v) is 5.82. The van der Waals surface area contributed by atoms with Crippen LogP contribution < -0.4 is 5.73 Å². The highest BCUT2D eigenvalue weighted by Gasteiger charge is 2.26. The monoisotopic (exact) mass is 238 g/mol. The van der Waals surface area contributed by atoms with Gasteiger partial charge in [-0.1, -0.05) is 13.8 Å². The summed E-state index contributed by atoms with van der Waals surface area (Å²) in [5.74, 6) is 2.32. The highest BCUT2D eigenvalue weighted by atomic mass is 15.3. The summed E-state index contributed by atoms with van der Waals surface area (Å²) in [7, 11) is 0. The lowest BCUT2D eigenvalue weighted by Gasteiger charge is -2.35. The molecule has 0 spiro atoms. The standard InChI is InChI=1S/C13H26N4/c1-11(2)9-15-13(14)17-7-5-16(6-8-17)10-12-3-4-12/h11-12H,3-10H2,1-2H3,(H2,14,15). The normalized spacial score (nSPS) is 23.5. The Morgan fingerprint density at radius 2 is 1.88 bits per heavy atom. The van der Waals surface area contributed by atoms with Crippen molar-refractivity contribution in [1.82, 2.24) is 9.80 Å². The molecule has 1 saturated carbocycles. The molecule has 1 saturated heterocycles. The van der Waals surface area contributed by atoms with Crippen LogP contribution in [0.25, 0.3) is 0 Å². The van der Waals surface area contributed by atoms with Gasteiger partial charge in [0.25, 0.3) is 0 Å². The zero-order valence-corrected chi connectivity index (χ0v) is 11.2. The van der Waals surface area contributed by atoms with Crippen LogP contribution in [-0.2, 0) is 0 Å². The van der Waals surface area contributed by atoms with Gasteiger partial charge in [-0.05, 0) is 24.7 Å². The zero-order valence-electron chi connectivity index (χ0n) is 11.2. The maximum Gasteiger partial charge on any atom is 0.191 e. The molecule has 0 bridgehead atoms. The Morgan fingerprint density at radius 3 is 2.41 bits per heavy atom. The number of guanidine groups is 1. The van der Waals surface area contributed by atoms with Crippen molar-refractivity contribution in [3.05, 3.63) is 0 Å². The number of hydrogen-bond acceptors (Lipinski definition) is 2. The molecule has 4 heteroatoms. The Hall–Kier alpha value is -0.770. The van der Waals surface area contributed by atoms with E-state index >= 15 is 0 Å². The molecule has 1 heterocycles. The highest BCUT2D eigenvalue weighted by Crippen LogP contribution is 2.29. The molecule has 0 unspecified atom stereocenters. The number of piperazine rings is 1. The van der Waals surface area contributed by atoms with Gasteiger partial charge in [-0.15, -0.1) is 0 Å². The van der Waals surface area contributed by atoms with Crippen molar-refractivity contribution in [2.24, 2.45) is 22.6 Å². The van der Waals surface area contributed by atoms with Crippen molar-refractivity contribution in [3.8, 4) is 0 Å². The van der Waals surface area contributed by atoms with Crippen molar-refractivity contribution in [2.45, 2.75) is 26.7 Å². The second kappa shape index (κ2) is 5.71. The van der Waals surface area contributed by atoms with Gasteiger partial charge in [-0.25, -0.2) is 0 Å². The van der Waals surface area contributed by atoms with E-state index in [9.17, 15) is 0 Å². The van der Waals surface area contributed by atoms with E-state index in [0.717, 1.165) is 44.6 Å². The minimum Gasteiger partial charge on any atom is -0.370 e. The largest absolute Gasteiger partial charge is 0.370 e. The van der Waals surface area contributed by atoms with Gasteiger partial charge in [-0.3, -0.25) is 9.89 Å². The molecule has 1 aliphatic heterocycles. The third kappa shape index (κ3) is 4.19. The number of nitrogens with two attached hydrogens (primary N) is 1. The lowest BCUT2D eigenvalue weighted by atomic mass is 10.2. The summed E-state index contributed by atoms with van der Waals surface area (Å²) in [5.41, 5.74) is 6.01. The van der Waals surface area contributed by atoms with Crippen molar-refractivity contribution < 1.29 is 0 Å². The average Bonchev–Trinajstić information content (AvgIpc) is 3.11. The summed E-state index contributed by atoms with van der Waals surface area (Å²) in [6.45, 7) is 10.9. The lowest BCUT2D eigenvalue weighted by molar-refractivity contribution is 0.175. The fourth-order valence-electron chi connectivity index (χ4n) is 2.20. The third-order valence-corrected chi connectivity index (χ3v) is 3.53. The number of hydrogen-bond donors (Lipinski definition) is 1. The molecule has 2 rings (SSSR count). The van der Waals surface area contributed by atoms with Crippen LogP contribution in [0.5, 0.6) is 0 Å². The second-order valence-electron chi connectivity index (χ2n) is 5.82. The minimum atomic E-state index is 0.588. The Kier molecular flexibility index (Phi) is 4.26. The molecule has 1 aliphatic carbocycles. The first-order valence-corrected chi connectivity index (χ1v) is 6.92. The van der Waals surface area contributed by atoms with Crippen LogP contribution >= 0.6 is 0 Å². The number of aliphatic imine (C=N–C) groups is 1. The Balaban J connectivity index is 1.71. The van der Waals surface area contributed by atoms with Crippen molar-refractivity contribution in [1.29, 1.82) is 0 Å². The van der Waals surface area contributed by atoms with Crippen molar-refractivity contribution >= 4 is 5.96 Å². The first kappa shape index (κ1) is 12.7. The van der Waals surface area contributed by atoms with Crippen LogP contribution in [0.15, 0.2) is 4.99 Å². The summed E-state index contributed by atoms with van der Waals surface area (Å²) in [5, 5.41) is 0. The Morgan fingerprint density at radius 1 is 1.24 bits per heavy atom. The van der Waals surface area contributed by atoms with Crippen molar-refractivity contribution in [3.63, 3.8) is 0 Å². The molecular weight excluding hydrogens is 212 g/mol. The molecule has 17 heavy (non-hydrogen) atoms. The molecule has 0 aromatic carbocycles. The van der Waals surface area contributed by atoms with Gasteiger partial charge < -0.3 is 10.6 Å². The van der Waals surface area contributed by atoms with Gasteiger partial charge in [0.2, 0.25) is 0 Å². The van der Waals surface area contributed by atoms with E-state index in [4.69, 9.17) is 5.73 Å². The molecule has 0 atom stereocenters. The summed E-state index contributed by atoms with van der Waals surface area (Å²) < 4.78 is 0. The van der Waals surface area contributed by atoms with E-state index in [0.29, 0.717) is 5.92 Å². The Bertz CT molecular complexity index is 263. The van der Waals surface area contributed by atoms with Gasteiger partial charge in [0.05, 0.1) is 0 Å². The lowest BCUT2D eigenvalue weighted by Crippen LogP contribution is -2.51. The molecule has 2 N–H and O–H groups in total. The molecule has 2 aliphatic rings. The zero-order chi connectivity index (χ0) is 12.3. The van der Waals surface area contributed by atoms with E-state index in [2.05, 4.69) is 28.6 Å². The molecule has 0 aromatic heterocycles. The van der Waals surface area contributed by atoms with Gasteiger partial charge >= 0.3 is 0 Å². The van der Waals surface area contributed by atoms with Gasteiger partial charge in [-0.2, -0.15) is 0 Å². The maximum atomic E-state index is 6.01. The quantitative estimate of drug-likeness (QED) is 0.587. The fourth-order valence-corrected chi connectivity index (χ4v) is 2.20. The number of rotatable bonds is 4. The van der Waals surface area contributed by atoms with Crippen molar-refractivity contribution in [2.75, 3.05) is 39.3 Å². The molecular formula is C13H26N4. The molecule has 4 nitrogen and oxygen atoms in total. The summed E-state index contributed by atoms with van der Waals surface area (Å²) >= 11 is 0. The first-order chi connectivity index (χ1) is 8.15. The SMILES string of the molecule is CC(C)CN=C(N)N1CCN(CC2CC2)CC1. The first-order valence-electron chi connectivity index (χ1n) is 6.92. The summed E-state index contributed by atoms with van der Waals surface area (Å²) in [6, 6.07) is 0. The number of nitrogens with zero attached hydrogens (tertiary/aromatic N) is 3. The van der Waals surface area contributed by atoms with E-state index in [1.54, 1.807) is 0 Å². The van der Waals surface area contributed by atoms with Gasteiger partial charge in [0.15, 0.2) is 5.96 Å². The Labute approximate surface area is 105 Å². The summed E-state index contributed by atoms with van der Waals surface area (Å²) in [4.78, 5) is 9.25. The average molecular weight is 238 g/mol. The smallest absolute Gasteiger partial charge is 0.191 e. The van der Waals surface area contributed by atoms with E-state index in [-0.39, 0.29) is 0 Å². The van der Waals surface area contributed by atoms with E-state index < -0.39 is 0 Å². The fraction of sp³-hybridized carbons (Fsp3) is 0.923. The van der Waals surface area contributed by atoms with Crippen LogP contribution in [0.3, 0.4) is 0 Å². The van der Waals surface area contributed by atoms with Crippen LogP contribution in [-0.4, -0.2) is 55.0 Å². The predicted molar refractivity (Wildman–Crippen MR) is 72.1 cm³/mol. The van der Waals surface area contributed by atoms with Crippen LogP contribution in [0.1, 0.15) is 26.7 Å². The predicted octanol–water partition coefficient (Wildman–Crippen LogP) is 0.985. The third-order valence-electron chi connectivity index (χ3n) is 3.53. The topological polar surface area (TPSA) is 44.9 Å². The van der Waals surface area contributed by atoms with E-state index in [1.807, 2.05) is 0 Å². The summed E-state index contributed by atoms with van der Waals surface area (Å²) in [6.07, 6.45) is 2.89. The van der Waals surface area contributed by atoms with Gasteiger partial charge in [0, 0.05) is 39.3 Å². The highest BCUT2D eigenvalue weighted by molar-refractivity contribution is 5.78. The molecule has 98 valence electrons. The van der Waals surface area contributed by atoms with Crippen LogP contribution in [0, 0.1) is 11.8 Å². The molecule has 0 radical (unpaired) electrons. The molecule has 2 fully saturated rings. The molecule has 0 amide bonds. The minimum absolute atomic E-state index is 0.588. The van der Waals surface area contributed by atoms with Crippen LogP contribution in [0.2, 0.25) is 0 Å². The van der Waals surface area contributed by atoms with E-state index in [1.165, 1.54) is 19.4 Å². The van der Waals surface area contributed by atoms with Crippen LogP contribution in [0.4, 0.5) is 0 Å². The maximum absolute atomic E-state index is 6.01. The van der Waals surface area contributed by atoms with Gasteiger partial charge in [0.1, 0.15) is 0 Å².